The number of allylic oxidation sites excluding steroid dienone is 2. The fourth-order valence-corrected chi connectivity index (χ4v) is 5.90. The molecule has 0 bridgehead atoms. The van der Waals surface area contributed by atoms with Crippen molar-refractivity contribution in [3.63, 3.8) is 0 Å². The van der Waals surface area contributed by atoms with Crippen molar-refractivity contribution in [3.8, 4) is 0 Å². The Balaban J connectivity index is 3.37. The third kappa shape index (κ3) is 7.84. The Morgan fingerprint density at radius 3 is 2.82 bits per heavy atom. The van der Waals surface area contributed by atoms with E-state index in [1.165, 1.54) is 8.86 Å². The average molecular weight is 399 g/mol. The summed E-state index contributed by atoms with van der Waals surface area (Å²) in [5.41, 5.74) is 0. The zero-order valence-corrected chi connectivity index (χ0v) is 12.0. The third-order valence-electron chi connectivity index (χ3n) is 1.42. The Bertz CT molecular complexity index is 123. The van der Waals surface area contributed by atoms with Crippen LogP contribution in [0, 0.1) is 0 Å². The summed E-state index contributed by atoms with van der Waals surface area (Å²) in [5, 5.41) is 1.02. The van der Waals surface area contributed by atoms with Crippen LogP contribution >= 0.6 is 34.2 Å². The van der Waals surface area contributed by atoms with Crippen LogP contribution in [0.5, 0.6) is 0 Å². The van der Waals surface area contributed by atoms with Gasteiger partial charge in [-0.05, 0) is 0 Å². The fraction of sp³-hybridized carbons (Fsp3) is 0.750. The van der Waals surface area contributed by atoms with E-state index in [4.69, 9.17) is 11.6 Å². The van der Waals surface area contributed by atoms with Gasteiger partial charge >= 0.3 is 99.6 Å². The van der Waals surface area contributed by atoms with Crippen LogP contribution in [0.3, 0.4) is 0 Å². The summed E-state index contributed by atoms with van der Waals surface area (Å²) < 4.78 is 2.30. The Morgan fingerprint density at radius 2 is 2.36 bits per heavy atom. The molecule has 68 valence electrons. The average Bonchev–Trinajstić information content (AvgIpc) is 2.01. The van der Waals surface area contributed by atoms with Gasteiger partial charge in [0, 0.05) is 0 Å². The van der Waals surface area contributed by atoms with Crippen molar-refractivity contribution in [2.75, 3.05) is 2.43 Å². The molecule has 0 aliphatic heterocycles. The standard InChI is InChI=1S/C8H14ClI2/c1-3-8(9)5-4-7(2)11-6-10/h3,7H,4-6H2,1-2H3/q-1/b8-3+. The summed E-state index contributed by atoms with van der Waals surface area (Å²) in [6.07, 6.45) is 4.35. The molecule has 0 heterocycles. The van der Waals surface area contributed by atoms with Crippen LogP contribution in [-0.4, -0.2) is 6.36 Å². The first-order valence-electron chi connectivity index (χ1n) is 3.65. The SMILES string of the molecule is C/C=C(/Cl)CCC(C)[I-]CI. The van der Waals surface area contributed by atoms with E-state index in [1.807, 2.05) is 13.0 Å². The molecule has 0 amide bonds. The number of hydrogen-bond donors (Lipinski definition) is 0. The van der Waals surface area contributed by atoms with Crippen molar-refractivity contribution in [1.29, 1.82) is 0 Å². The second-order valence-corrected chi connectivity index (χ2v) is 10.2. The van der Waals surface area contributed by atoms with Crippen molar-refractivity contribution >= 4 is 34.2 Å². The van der Waals surface area contributed by atoms with E-state index in [9.17, 15) is 0 Å². The first-order valence-corrected chi connectivity index (χ1v) is 8.32. The van der Waals surface area contributed by atoms with E-state index in [0.29, 0.717) is 21.2 Å². The van der Waals surface area contributed by atoms with Gasteiger partial charge in [0.25, 0.3) is 0 Å². The van der Waals surface area contributed by atoms with Crippen molar-refractivity contribution in [2.45, 2.75) is 30.6 Å². The van der Waals surface area contributed by atoms with Gasteiger partial charge in [0.05, 0.1) is 0 Å². The van der Waals surface area contributed by atoms with E-state index < -0.39 is 0 Å². The van der Waals surface area contributed by atoms with Gasteiger partial charge in [0.15, 0.2) is 0 Å². The van der Waals surface area contributed by atoms with E-state index >= 15 is 0 Å². The molecule has 0 aliphatic carbocycles. The van der Waals surface area contributed by atoms with Crippen LogP contribution in [0.25, 0.3) is 0 Å². The Hall–Kier alpha value is 1.49. The topological polar surface area (TPSA) is 0 Å². The van der Waals surface area contributed by atoms with Gasteiger partial charge in [0.1, 0.15) is 0 Å². The minimum atomic E-state index is 0.429. The van der Waals surface area contributed by atoms with Crippen molar-refractivity contribution < 1.29 is 21.2 Å². The van der Waals surface area contributed by atoms with Gasteiger partial charge in [-0.15, -0.1) is 0 Å². The fourth-order valence-electron chi connectivity index (χ4n) is 0.658. The molecule has 11 heavy (non-hydrogen) atoms. The molecule has 0 N–H and O–H groups in total. The van der Waals surface area contributed by atoms with E-state index in [0.717, 1.165) is 15.4 Å². The van der Waals surface area contributed by atoms with Gasteiger partial charge in [-0.2, -0.15) is 0 Å². The van der Waals surface area contributed by atoms with Gasteiger partial charge in [-0.1, -0.05) is 0 Å². The molecule has 0 aromatic carbocycles. The summed E-state index contributed by atoms with van der Waals surface area (Å²) in [6.45, 7) is 4.34. The molecule has 0 fully saturated rings. The molecule has 0 aromatic rings. The van der Waals surface area contributed by atoms with Gasteiger partial charge in [-0.25, -0.2) is 0 Å². The second kappa shape index (κ2) is 8.10. The predicted octanol–water partition coefficient (Wildman–Crippen LogP) is 0.779. The van der Waals surface area contributed by atoms with Crippen LogP contribution in [0.4, 0.5) is 0 Å². The molecule has 0 nitrogen and oxygen atoms in total. The summed E-state index contributed by atoms with van der Waals surface area (Å²) in [5.74, 6) is 0. The molecule has 0 rings (SSSR count). The second-order valence-electron chi connectivity index (χ2n) is 2.31. The van der Waals surface area contributed by atoms with E-state index in [2.05, 4.69) is 29.5 Å². The molecular formula is C8H14ClI2-. The van der Waals surface area contributed by atoms with E-state index in [-0.39, 0.29) is 0 Å². The minimum absolute atomic E-state index is 0.429. The van der Waals surface area contributed by atoms with Crippen molar-refractivity contribution in [1.82, 2.24) is 0 Å². The molecule has 0 spiro atoms. The molecule has 0 radical (unpaired) electrons. The molecule has 1 unspecified atom stereocenters. The Labute approximate surface area is 98.6 Å². The number of hydrogen-bond acceptors (Lipinski definition) is 0. The van der Waals surface area contributed by atoms with Gasteiger partial charge in [0.2, 0.25) is 0 Å². The van der Waals surface area contributed by atoms with Crippen molar-refractivity contribution in [3.05, 3.63) is 11.1 Å². The summed E-state index contributed by atoms with van der Waals surface area (Å²) >= 11 is 8.78. The molecule has 1 atom stereocenters. The normalized spacial score (nSPS) is 15.5. The Kier molecular flexibility index (Phi) is 9.20. The van der Waals surface area contributed by atoms with Crippen LogP contribution in [0.1, 0.15) is 26.7 Å². The number of halogens is 3. The zero-order valence-electron chi connectivity index (χ0n) is 6.91. The molecule has 0 saturated carbocycles. The maximum absolute atomic E-state index is 5.88. The molecule has 0 saturated heterocycles. The molecule has 0 aromatic heterocycles. The zero-order chi connectivity index (χ0) is 8.69. The van der Waals surface area contributed by atoms with Crippen LogP contribution in [-0.2, 0) is 0 Å². The quantitative estimate of drug-likeness (QED) is 0.474. The first kappa shape index (κ1) is 12.5. The number of rotatable bonds is 5. The molecule has 3 heteroatoms. The summed E-state index contributed by atoms with van der Waals surface area (Å²) in [7, 11) is 0. The molecular weight excluding hydrogens is 385 g/mol. The first-order chi connectivity index (χ1) is 5.20. The van der Waals surface area contributed by atoms with E-state index in [1.54, 1.807) is 0 Å². The summed E-state index contributed by atoms with van der Waals surface area (Å²) in [6, 6.07) is 0. The van der Waals surface area contributed by atoms with Crippen LogP contribution in [0.2, 0.25) is 0 Å². The maximum atomic E-state index is 5.88. The van der Waals surface area contributed by atoms with Gasteiger partial charge < -0.3 is 0 Å². The van der Waals surface area contributed by atoms with Gasteiger partial charge in [-0.3, -0.25) is 0 Å². The van der Waals surface area contributed by atoms with Crippen LogP contribution < -0.4 is 21.2 Å². The predicted molar refractivity (Wildman–Crippen MR) is 57.2 cm³/mol. The Morgan fingerprint density at radius 1 is 1.73 bits per heavy atom. The number of alkyl halides is 3. The van der Waals surface area contributed by atoms with Crippen LogP contribution in [0.15, 0.2) is 11.1 Å². The summed E-state index contributed by atoms with van der Waals surface area (Å²) in [4.78, 5) is 0. The van der Waals surface area contributed by atoms with Crippen molar-refractivity contribution in [2.24, 2.45) is 0 Å². The monoisotopic (exact) mass is 399 g/mol. The molecule has 0 aliphatic rings. The third-order valence-corrected chi connectivity index (χ3v) is 6.52.